The lowest BCUT2D eigenvalue weighted by Crippen LogP contribution is -2.46. The molecule has 1 fully saturated rings. The fourth-order valence-electron chi connectivity index (χ4n) is 2.08. The Hall–Kier alpha value is -0.280. The van der Waals surface area contributed by atoms with Gasteiger partial charge in [0.15, 0.2) is 0 Å². The zero-order valence-electron chi connectivity index (χ0n) is 10.8. The molecule has 1 aliphatic heterocycles. The number of ether oxygens (including phenoxy) is 1. The summed E-state index contributed by atoms with van der Waals surface area (Å²) in [6.45, 7) is 4.21. The molecular formula is C13H24ClNO2. The summed E-state index contributed by atoms with van der Waals surface area (Å²) in [7, 11) is 0. The molecule has 0 saturated carbocycles. The van der Waals surface area contributed by atoms with Gasteiger partial charge < -0.3 is 9.64 Å². The van der Waals surface area contributed by atoms with E-state index < -0.39 is 0 Å². The minimum atomic E-state index is 0.0226. The van der Waals surface area contributed by atoms with Crippen molar-refractivity contribution in [2.45, 2.75) is 51.6 Å². The van der Waals surface area contributed by atoms with Gasteiger partial charge in [-0.2, -0.15) is 0 Å². The number of alkyl halides is 1. The number of amides is 1. The number of rotatable bonds is 7. The van der Waals surface area contributed by atoms with E-state index in [9.17, 15) is 4.79 Å². The van der Waals surface area contributed by atoms with Crippen LogP contribution in [-0.2, 0) is 9.53 Å². The standard InChI is InChI=1S/C13H24ClNO2/c1-2-3-4-5-6-7-13(16)15-8-9-17-12(10-14)11-15/h12H,2-11H2,1H3. The zero-order chi connectivity index (χ0) is 12.5. The van der Waals surface area contributed by atoms with Gasteiger partial charge in [0.25, 0.3) is 0 Å². The largest absolute Gasteiger partial charge is 0.373 e. The molecule has 4 heteroatoms. The van der Waals surface area contributed by atoms with Crippen LogP contribution in [0.25, 0.3) is 0 Å². The van der Waals surface area contributed by atoms with E-state index in [0.29, 0.717) is 25.5 Å². The maximum absolute atomic E-state index is 11.9. The smallest absolute Gasteiger partial charge is 0.222 e. The van der Waals surface area contributed by atoms with Crippen LogP contribution in [0.15, 0.2) is 0 Å². The van der Waals surface area contributed by atoms with E-state index in [1.165, 1.54) is 25.7 Å². The normalized spacial score (nSPS) is 20.6. The van der Waals surface area contributed by atoms with Crippen molar-refractivity contribution in [3.8, 4) is 0 Å². The number of carbonyl (C=O) groups excluding carboxylic acids is 1. The summed E-state index contributed by atoms with van der Waals surface area (Å²) in [5.41, 5.74) is 0. The first-order valence-corrected chi connectivity index (χ1v) is 7.26. The molecule has 1 amide bonds. The highest BCUT2D eigenvalue weighted by Crippen LogP contribution is 2.11. The molecule has 0 aromatic heterocycles. The molecule has 0 radical (unpaired) electrons. The second kappa shape index (κ2) is 8.76. The van der Waals surface area contributed by atoms with Gasteiger partial charge >= 0.3 is 0 Å². The van der Waals surface area contributed by atoms with E-state index >= 15 is 0 Å². The monoisotopic (exact) mass is 261 g/mol. The molecule has 0 aliphatic carbocycles. The van der Waals surface area contributed by atoms with Gasteiger partial charge in [-0.05, 0) is 6.42 Å². The highest BCUT2D eigenvalue weighted by atomic mass is 35.5. The lowest BCUT2D eigenvalue weighted by atomic mass is 10.1. The third kappa shape index (κ3) is 5.73. The highest BCUT2D eigenvalue weighted by molar-refractivity contribution is 6.18. The summed E-state index contributed by atoms with van der Waals surface area (Å²) in [4.78, 5) is 13.8. The lowest BCUT2D eigenvalue weighted by Gasteiger charge is -2.32. The Morgan fingerprint density at radius 3 is 2.82 bits per heavy atom. The second-order valence-electron chi connectivity index (χ2n) is 4.65. The third-order valence-corrected chi connectivity index (χ3v) is 3.50. The SMILES string of the molecule is CCCCCCCC(=O)N1CCOC(CCl)C1. The molecule has 1 unspecified atom stereocenters. The molecule has 0 bridgehead atoms. The first-order chi connectivity index (χ1) is 8.27. The number of morpholine rings is 1. The molecule has 1 heterocycles. The van der Waals surface area contributed by atoms with E-state index in [4.69, 9.17) is 16.3 Å². The Labute approximate surface area is 109 Å². The van der Waals surface area contributed by atoms with E-state index in [0.717, 1.165) is 13.0 Å². The van der Waals surface area contributed by atoms with Crippen molar-refractivity contribution in [1.29, 1.82) is 0 Å². The topological polar surface area (TPSA) is 29.5 Å². The maximum Gasteiger partial charge on any atom is 0.222 e. The van der Waals surface area contributed by atoms with Gasteiger partial charge in [0.2, 0.25) is 5.91 Å². The van der Waals surface area contributed by atoms with Gasteiger partial charge in [-0.15, -0.1) is 11.6 Å². The van der Waals surface area contributed by atoms with Crippen molar-refractivity contribution in [1.82, 2.24) is 4.90 Å². The van der Waals surface area contributed by atoms with Crippen LogP contribution in [0.2, 0.25) is 0 Å². The average molecular weight is 262 g/mol. The van der Waals surface area contributed by atoms with Gasteiger partial charge in [-0.1, -0.05) is 32.6 Å². The fourth-order valence-corrected chi connectivity index (χ4v) is 2.26. The number of carbonyl (C=O) groups is 1. The van der Waals surface area contributed by atoms with Crippen LogP contribution in [0.5, 0.6) is 0 Å². The number of unbranched alkanes of at least 4 members (excludes halogenated alkanes) is 4. The van der Waals surface area contributed by atoms with E-state index in [-0.39, 0.29) is 12.0 Å². The van der Waals surface area contributed by atoms with Crippen molar-refractivity contribution in [2.75, 3.05) is 25.6 Å². The van der Waals surface area contributed by atoms with Crippen molar-refractivity contribution >= 4 is 17.5 Å². The van der Waals surface area contributed by atoms with Crippen molar-refractivity contribution < 1.29 is 9.53 Å². The molecule has 3 nitrogen and oxygen atoms in total. The fraction of sp³-hybridized carbons (Fsp3) is 0.923. The minimum Gasteiger partial charge on any atom is -0.373 e. The van der Waals surface area contributed by atoms with Gasteiger partial charge in [0.1, 0.15) is 0 Å². The summed E-state index contributed by atoms with van der Waals surface area (Å²) in [6.07, 6.45) is 6.66. The number of halogens is 1. The van der Waals surface area contributed by atoms with Crippen LogP contribution in [0.4, 0.5) is 0 Å². The van der Waals surface area contributed by atoms with Crippen LogP contribution >= 0.6 is 11.6 Å². The third-order valence-electron chi connectivity index (χ3n) is 3.16. The first-order valence-electron chi connectivity index (χ1n) is 6.73. The van der Waals surface area contributed by atoms with Crippen molar-refractivity contribution in [3.63, 3.8) is 0 Å². The quantitative estimate of drug-likeness (QED) is 0.521. The van der Waals surface area contributed by atoms with Crippen molar-refractivity contribution in [2.24, 2.45) is 0 Å². The first kappa shape index (κ1) is 14.8. The molecule has 17 heavy (non-hydrogen) atoms. The zero-order valence-corrected chi connectivity index (χ0v) is 11.5. The number of hydrogen-bond donors (Lipinski definition) is 0. The molecule has 0 aromatic carbocycles. The highest BCUT2D eigenvalue weighted by Gasteiger charge is 2.22. The van der Waals surface area contributed by atoms with Crippen LogP contribution in [0.1, 0.15) is 45.4 Å². The summed E-state index contributed by atoms with van der Waals surface area (Å²) in [6, 6.07) is 0. The van der Waals surface area contributed by atoms with Crippen LogP contribution in [0, 0.1) is 0 Å². The number of hydrogen-bond acceptors (Lipinski definition) is 2. The van der Waals surface area contributed by atoms with Gasteiger partial charge in [0, 0.05) is 19.5 Å². The lowest BCUT2D eigenvalue weighted by molar-refractivity contribution is -0.138. The molecule has 1 rings (SSSR count). The number of nitrogens with zero attached hydrogens (tertiary/aromatic N) is 1. The summed E-state index contributed by atoms with van der Waals surface area (Å²) < 4.78 is 5.44. The molecule has 0 aromatic rings. The molecule has 0 N–H and O–H groups in total. The molecule has 1 saturated heterocycles. The Bertz CT molecular complexity index is 223. The van der Waals surface area contributed by atoms with Crippen molar-refractivity contribution in [3.05, 3.63) is 0 Å². The van der Waals surface area contributed by atoms with Gasteiger partial charge in [-0.3, -0.25) is 4.79 Å². The molecule has 0 spiro atoms. The van der Waals surface area contributed by atoms with Gasteiger partial charge in [-0.25, -0.2) is 0 Å². The summed E-state index contributed by atoms with van der Waals surface area (Å²) in [5, 5.41) is 0. The molecule has 1 aliphatic rings. The van der Waals surface area contributed by atoms with E-state index in [1.54, 1.807) is 0 Å². The second-order valence-corrected chi connectivity index (χ2v) is 4.96. The molecule has 1 atom stereocenters. The Morgan fingerprint density at radius 2 is 2.12 bits per heavy atom. The predicted octanol–water partition coefficient (Wildman–Crippen LogP) is 2.81. The Morgan fingerprint density at radius 1 is 1.35 bits per heavy atom. The van der Waals surface area contributed by atoms with Crippen LogP contribution in [-0.4, -0.2) is 42.5 Å². The van der Waals surface area contributed by atoms with Crippen LogP contribution in [0.3, 0.4) is 0 Å². The van der Waals surface area contributed by atoms with E-state index in [1.807, 2.05) is 4.90 Å². The van der Waals surface area contributed by atoms with Gasteiger partial charge in [0.05, 0.1) is 18.6 Å². The predicted molar refractivity (Wildman–Crippen MR) is 70.4 cm³/mol. The Balaban J connectivity index is 2.14. The summed E-state index contributed by atoms with van der Waals surface area (Å²) in [5.74, 6) is 0.736. The minimum absolute atomic E-state index is 0.0226. The maximum atomic E-state index is 11.9. The van der Waals surface area contributed by atoms with E-state index in [2.05, 4.69) is 6.92 Å². The van der Waals surface area contributed by atoms with Crippen LogP contribution < -0.4 is 0 Å². The summed E-state index contributed by atoms with van der Waals surface area (Å²) >= 11 is 5.75. The Kier molecular flexibility index (Phi) is 7.62. The molecular weight excluding hydrogens is 238 g/mol. The average Bonchev–Trinajstić information content (AvgIpc) is 2.38. The molecule has 100 valence electrons.